The molecule has 0 aromatic heterocycles. The van der Waals surface area contributed by atoms with Gasteiger partial charge in [-0.05, 0) is 41.8 Å². The van der Waals surface area contributed by atoms with Gasteiger partial charge in [0.15, 0.2) is 74.7 Å². The van der Waals surface area contributed by atoms with Crippen molar-refractivity contribution in [1.29, 1.82) is 0 Å². The third-order valence-electron chi connectivity index (χ3n) is 10.9. The van der Waals surface area contributed by atoms with Gasteiger partial charge in [-0.1, -0.05) is 60.3 Å². The molecule has 0 saturated carbocycles. The lowest BCUT2D eigenvalue weighted by molar-refractivity contribution is 0.378. The van der Waals surface area contributed by atoms with E-state index in [2.05, 4.69) is 79.1 Å². The summed E-state index contributed by atoms with van der Waals surface area (Å²) in [5, 5.41) is 0. The standard InChI is InChI=1S/C24BF20.C21H19S2/c26-5-1(6(27)14(35)21(42)13(5)34)25(2-7(28)15(36)22(43)16(37)8(2)29,3-9(30)17(38)23(44)18(39)10(3)31)4-11(32)19(40)24(45)20(41)12(4)33;1-23(19-8-3-2-4-9-19)15-16-11-12-18-14-17-7-5-6-10-20(17)22-21(18)13-16/h;2-13H,14-15H2,1H3/q-1;+1. The number of hydrogen-bond acceptors (Lipinski definition) is 1. The van der Waals surface area contributed by atoms with Crippen LogP contribution in [0.3, 0.4) is 0 Å². The highest BCUT2D eigenvalue weighted by Crippen LogP contribution is 2.40. The lowest BCUT2D eigenvalue weighted by Crippen LogP contribution is -2.81. The Bertz CT molecular complexity index is 2800. The van der Waals surface area contributed by atoms with E-state index >= 15 is 35.1 Å². The van der Waals surface area contributed by atoms with Crippen molar-refractivity contribution in [2.75, 3.05) is 6.26 Å². The zero-order chi connectivity index (χ0) is 50.0. The topological polar surface area (TPSA) is 0 Å². The highest BCUT2D eigenvalue weighted by Gasteiger charge is 2.52. The van der Waals surface area contributed by atoms with Crippen molar-refractivity contribution in [3.8, 4) is 0 Å². The van der Waals surface area contributed by atoms with Crippen molar-refractivity contribution in [3.63, 3.8) is 0 Å². The van der Waals surface area contributed by atoms with Crippen LogP contribution in [0.15, 0.2) is 87.5 Å². The van der Waals surface area contributed by atoms with Gasteiger partial charge >= 0.3 is 0 Å². The number of halogens is 20. The maximum absolute atomic E-state index is 15.4. The number of fused-ring (bicyclic) bond motifs is 2. The Morgan fingerprint density at radius 1 is 0.368 bits per heavy atom. The van der Waals surface area contributed by atoms with Gasteiger partial charge in [0.2, 0.25) is 0 Å². The molecular formula is C45H19BF20S2. The van der Waals surface area contributed by atoms with Crippen molar-refractivity contribution < 1.29 is 87.8 Å². The second kappa shape index (κ2) is 18.8. The van der Waals surface area contributed by atoms with Crippen molar-refractivity contribution in [2.24, 2.45) is 0 Å². The summed E-state index contributed by atoms with van der Waals surface area (Å²) in [4.78, 5) is 4.30. The molecule has 68 heavy (non-hydrogen) atoms. The summed E-state index contributed by atoms with van der Waals surface area (Å²) in [6, 6.07) is 26.7. The first kappa shape index (κ1) is 49.8. The quantitative estimate of drug-likeness (QED) is 0.0504. The number of hydrogen-bond donors (Lipinski definition) is 0. The largest absolute Gasteiger partial charge is 0.207 e. The molecule has 0 radical (unpaired) electrons. The summed E-state index contributed by atoms with van der Waals surface area (Å²) in [5.74, 6) is -70.3. The van der Waals surface area contributed by atoms with Crippen LogP contribution in [-0.4, -0.2) is 12.4 Å². The lowest BCUT2D eigenvalue weighted by atomic mass is 9.12. The second-order valence-corrected chi connectivity index (χ2v) is 17.8. The molecule has 0 amide bonds. The van der Waals surface area contributed by atoms with Crippen molar-refractivity contribution in [1.82, 2.24) is 0 Å². The van der Waals surface area contributed by atoms with Crippen LogP contribution in [0.2, 0.25) is 0 Å². The molecule has 1 atom stereocenters. The molecule has 7 aromatic carbocycles. The van der Waals surface area contributed by atoms with Crippen molar-refractivity contribution in [3.05, 3.63) is 206 Å². The van der Waals surface area contributed by atoms with Gasteiger partial charge in [0, 0.05) is 26.2 Å². The Labute approximate surface area is 376 Å². The second-order valence-electron chi connectivity index (χ2n) is 14.7. The van der Waals surface area contributed by atoms with E-state index in [4.69, 9.17) is 0 Å². The van der Waals surface area contributed by atoms with Crippen LogP contribution in [0.5, 0.6) is 0 Å². The van der Waals surface area contributed by atoms with Gasteiger partial charge in [0.05, 0.1) is 0 Å². The smallest absolute Gasteiger partial charge is 0.200 e. The average molecular weight is 1010 g/mol. The Hall–Kier alpha value is -6.10. The van der Waals surface area contributed by atoms with E-state index in [9.17, 15) is 52.7 Å². The summed E-state index contributed by atoms with van der Waals surface area (Å²) in [5.41, 5.74) is -9.96. The minimum atomic E-state index is -7.22. The van der Waals surface area contributed by atoms with Crippen LogP contribution in [-0.2, 0) is 23.1 Å². The molecule has 0 saturated heterocycles. The first-order valence-corrected chi connectivity index (χ1v) is 21.4. The van der Waals surface area contributed by atoms with Gasteiger partial charge < -0.3 is 0 Å². The molecule has 0 fully saturated rings. The Morgan fingerprint density at radius 2 is 0.676 bits per heavy atom. The summed E-state index contributed by atoms with van der Waals surface area (Å²) in [6.07, 6.45) is -3.81. The summed E-state index contributed by atoms with van der Waals surface area (Å²) < 4.78 is 294. The molecule has 23 heteroatoms. The molecule has 0 spiro atoms. The minimum Gasteiger partial charge on any atom is -0.207 e. The van der Waals surface area contributed by atoms with Crippen LogP contribution in [0.1, 0.15) is 16.7 Å². The van der Waals surface area contributed by atoms with Crippen LogP contribution in [0.4, 0.5) is 87.8 Å². The van der Waals surface area contributed by atoms with E-state index in [1.165, 1.54) is 31.4 Å². The fraction of sp³-hybridized carbons (Fsp3) is 0.0667. The van der Waals surface area contributed by atoms with Crippen molar-refractivity contribution >= 4 is 50.7 Å². The van der Waals surface area contributed by atoms with Gasteiger partial charge in [0.1, 0.15) is 64.7 Å². The van der Waals surface area contributed by atoms with E-state index in [-0.39, 0.29) is 10.9 Å². The Kier molecular flexibility index (Phi) is 13.7. The van der Waals surface area contributed by atoms with E-state index in [1.54, 1.807) is 0 Å². The molecule has 7 aromatic rings. The molecule has 1 heterocycles. The number of rotatable bonds is 7. The highest BCUT2D eigenvalue weighted by atomic mass is 32.2. The Morgan fingerprint density at radius 3 is 1.04 bits per heavy atom. The SMILES string of the molecule is C[S+](Cc1ccc2c(c1)Sc1ccccc1C2)c1ccccc1.Fc1c(F)c(F)c([B-](c2c(F)c(F)c(F)c(F)c2F)(c2c(F)c(F)c(F)c(F)c2F)c2c(F)c(F)c(F)c(F)c2F)c(F)c1F. The third kappa shape index (κ3) is 7.93. The Balaban J connectivity index is 0.000000246. The van der Waals surface area contributed by atoms with Gasteiger partial charge in [-0.25, -0.2) is 87.8 Å². The van der Waals surface area contributed by atoms with E-state index < -0.39 is 144 Å². The van der Waals surface area contributed by atoms with Crippen molar-refractivity contribution in [2.45, 2.75) is 26.9 Å². The third-order valence-corrected chi connectivity index (χ3v) is 14.0. The maximum Gasteiger partial charge on any atom is 0.200 e. The van der Waals surface area contributed by atoms with Crippen LogP contribution in [0.25, 0.3) is 0 Å². The first-order valence-electron chi connectivity index (χ1n) is 18.8. The molecule has 1 aliphatic heterocycles. The van der Waals surface area contributed by atoms with Gasteiger partial charge in [-0.15, -0.1) is 21.9 Å². The van der Waals surface area contributed by atoms with Gasteiger partial charge in [-0.2, -0.15) is 0 Å². The molecule has 0 aliphatic carbocycles. The molecule has 0 N–H and O–H groups in total. The summed E-state index contributed by atoms with van der Waals surface area (Å²) >= 11 is 1.92. The van der Waals surface area contributed by atoms with E-state index in [1.807, 2.05) is 11.8 Å². The van der Waals surface area contributed by atoms with E-state index in [0.717, 1.165) is 12.2 Å². The molecular weight excluding hydrogens is 995 g/mol. The predicted molar refractivity (Wildman–Crippen MR) is 211 cm³/mol. The summed E-state index contributed by atoms with van der Waals surface area (Å²) in [7, 11) is 0.260. The molecule has 1 unspecified atom stereocenters. The highest BCUT2D eigenvalue weighted by molar-refractivity contribution is 7.99. The fourth-order valence-electron chi connectivity index (χ4n) is 7.86. The number of benzene rings is 7. The molecule has 354 valence electrons. The fourth-order valence-corrected chi connectivity index (χ4v) is 10.5. The molecule has 0 nitrogen and oxygen atoms in total. The average Bonchev–Trinajstić information content (AvgIpc) is 3.33. The van der Waals surface area contributed by atoms with E-state index in [0.29, 0.717) is 0 Å². The van der Waals surface area contributed by atoms with Gasteiger partial charge in [-0.3, -0.25) is 0 Å². The zero-order valence-corrected chi connectivity index (χ0v) is 34.9. The van der Waals surface area contributed by atoms with Crippen LogP contribution >= 0.6 is 11.8 Å². The first-order chi connectivity index (χ1) is 32.0. The normalized spacial score (nSPS) is 12.7. The molecule has 0 bridgehead atoms. The summed E-state index contributed by atoms with van der Waals surface area (Å²) in [6.45, 7) is 0. The van der Waals surface area contributed by atoms with Crippen LogP contribution in [0, 0.1) is 116 Å². The lowest BCUT2D eigenvalue weighted by Gasteiger charge is -2.44. The van der Waals surface area contributed by atoms with Crippen LogP contribution < -0.4 is 21.9 Å². The predicted octanol–water partition coefficient (Wildman–Crippen LogP) is 11.4. The van der Waals surface area contributed by atoms with Gasteiger partial charge in [0.25, 0.3) is 0 Å². The monoisotopic (exact) mass is 1010 g/mol. The zero-order valence-electron chi connectivity index (χ0n) is 33.3. The molecule has 1 aliphatic rings. The molecule has 8 rings (SSSR count). The minimum absolute atomic E-state index is 0.260. The maximum atomic E-state index is 15.4.